The maximum atomic E-state index is 12.3. The van der Waals surface area contributed by atoms with Gasteiger partial charge in [-0.25, -0.2) is 0 Å². The monoisotopic (exact) mass is 332 g/mol. The normalized spacial score (nSPS) is 19.2. The van der Waals surface area contributed by atoms with E-state index in [4.69, 9.17) is 5.73 Å². The Labute approximate surface area is 122 Å². The number of nitrogens with zero attached hydrogens (tertiary/aromatic N) is 1. The Kier molecular flexibility index (Phi) is 5.47. The van der Waals surface area contributed by atoms with Crippen molar-refractivity contribution in [2.24, 2.45) is 5.92 Å². The second-order valence-electron chi connectivity index (χ2n) is 4.73. The van der Waals surface area contributed by atoms with E-state index in [9.17, 15) is 4.79 Å². The fourth-order valence-electron chi connectivity index (χ4n) is 2.27. The number of carbonyl (C=O) groups is 1. The molecule has 100 valence electrons. The molecule has 0 bridgehead atoms. The predicted molar refractivity (Wildman–Crippen MR) is 80.1 cm³/mol. The van der Waals surface area contributed by atoms with Crippen LogP contribution >= 0.6 is 28.3 Å². The fourth-order valence-corrected chi connectivity index (χ4v) is 2.65. The average Bonchev–Trinajstić information content (AvgIpc) is 2.28. The molecule has 18 heavy (non-hydrogen) atoms. The SMILES string of the molecule is CC1CCCN(C(=O)c2ccc(Br)cc2N)C1.Cl. The Morgan fingerprint density at radius 3 is 2.83 bits per heavy atom. The van der Waals surface area contributed by atoms with Crippen LogP contribution in [0.2, 0.25) is 0 Å². The molecule has 1 atom stereocenters. The molecule has 0 spiro atoms. The Bertz CT molecular complexity index is 439. The van der Waals surface area contributed by atoms with Crippen LogP contribution in [0.5, 0.6) is 0 Å². The molecule has 2 N–H and O–H groups in total. The Morgan fingerprint density at radius 1 is 1.50 bits per heavy atom. The summed E-state index contributed by atoms with van der Waals surface area (Å²) in [6.45, 7) is 3.87. The van der Waals surface area contributed by atoms with Crippen molar-refractivity contribution in [1.29, 1.82) is 0 Å². The van der Waals surface area contributed by atoms with E-state index in [1.54, 1.807) is 12.1 Å². The number of amides is 1. The van der Waals surface area contributed by atoms with Crippen molar-refractivity contribution in [3.63, 3.8) is 0 Å². The van der Waals surface area contributed by atoms with Gasteiger partial charge in [-0.05, 0) is 37.0 Å². The highest BCUT2D eigenvalue weighted by atomic mass is 79.9. The minimum absolute atomic E-state index is 0. The number of anilines is 1. The van der Waals surface area contributed by atoms with E-state index in [0.717, 1.165) is 24.0 Å². The molecule has 0 aliphatic carbocycles. The number of carbonyl (C=O) groups excluding carboxylic acids is 1. The highest BCUT2D eigenvalue weighted by molar-refractivity contribution is 9.10. The van der Waals surface area contributed by atoms with E-state index >= 15 is 0 Å². The van der Waals surface area contributed by atoms with Gasteiger partial charge in [0.15, 0.2) is 0 Å². The molecule has 1 aliphatic rings. The Hall–Kier alpha value is -0.740. The van der Waals surface area contributed by atoms with Crippen LogP contribution in [0.3, 0.4) is 0 Å². The number of likely N-dealkylation sites (tertiary alicyclic amines) is 1. The number of halogens is 2. The van der Waals surface area contributed by atoms with Crippen LogP contribution in [-0.4, -0.2) is 23.9 Å². The number of hydrogen-bond donors (Lipinski definition) is 1. The van der Waals surface area contributed by atoms with Crippen molar-refractivity contribution < 1.29 is 4.79 Å². The molecule has 1 aliphatic heterocycles. The van der Waals surface area contributed by atoms with Crippen LogP contribution in [0.1, 0.15) is 30.1 Å². The van der Waals surface area contributed by atoms with Crippen LogP contribution < -0.4 is 5.73 Å². The average molecular weight is 334 g/mol. The first-order chi connectivity index (χ1) is 8.08. The highest BCUT2D eigenvalue weighted by Gasteiger charge is 2.23. The largest absolute Gasteiger partial charge is 0.398 e. The van der Waals surface area contributed by atoms with Gasteiger partial charge in [0.2, 0.25) is 0 Å². The van der Waals surface area contributed by atoms with Crippen molar-refractivity contribution >= 4 is 39.9 Å². The maximum absolute atomic E-state index is 12.3. The van der Waals surface area contributed by atoms with Gasteiger partial charge in [-0.2, -0.15) is 0 Å². The Balaban J connectivity index is 0.00000162. The lowest BCUT2D eigenvalue weighted by molar-refractivity contribution is 0.0684. The molecule has 1 fully saturated rings. The molecule has 3 nitrogen and oxygen atoms in total. The zero-order valence-corrected chi connectivity index (χ0v) is 12.8. The first-order valence-corrected chi connectivity index (χ1v) is 6.71. The first-order valence-electron chi connectivity index (χ1n) is 5.92. The topological polar surface area (TPSA) is 46.3 Å². The number of hydrogen-bond acceptors (Lipinski definition) is 2. The van der Waals surface area contributed by atoms with Gasteiger partial charge in [-0.3, -0.25) is 4.79 Å². The van der Waals surface area contributed by atoms with Crippen LogP contribution in [0, 0.1) is 5.92 Å². The quantitative estimate of drug-likeness (QED) is 0.801. The Morgan fingerprint density at radius 2 is 2.22 bits per heavy atom. The van der Waals surface area contributed by atoms with Crippen molar-refractivity contribution in [2.45, 2.75) is 19.8 Å². The number of rotatable bonds is 1. The third kappa shape index (κ3) is 3.39. The van der Waals surface area contributed by atoms with Crippen LogP contribution in [-0.2, 0) is 0 Å². The van der Waals surface area contributed by atoms with Crippen LogP contribution in [0.15, 0.2) is 22.7 Å². The molecule has 0 aromatic heterocycles. The fraction of sp³-hybridized carbons (Fsp3) is 0.462. The summed E-state index contributed by atoms with van der Waals surface area (Å²) in [5.74, 6) is 0.644. The molecule has 1 unspecified atom stereocenters. The summed E-state index contributed by atoms with van der Waals surface area (Å²) in [5.41, 5.74) is 7.04. The molecule has 1 aromatic rings. The maximum Gasteiger partial charge on any atom is 0.255 e. The van der Waals surface area contributed by atoms with Crippen molar-refractivity contribution in [1.82, 2.24) is 4.90 Å². The molecule has 0 saturated carbocycles. The van der Waals surface area contributed by atoms with Gasteiger partial charge in [-0.1, -0.05) is 22.9 Å². The molecule has 1 heterocycles. The summed E-state index contributed by atoms with van der Waals surface area (Å²) in [5, 5.41) is 0. The van der Waals surface area contributed by atoms with E-state index in [1.807, 2.05) is 11.0 Å². The zero-order valence-electron chi connectivity index (χ0n) is 10.4. The third-order valence-electron chi connectivity index (χ3n) is 3.19. The van der Waals surface area contributed by atoms with Gasteiger partial charge >= 0.3 is 0 Å². The summed E-state index contributed by atoms with van der Waals surface area (Å²) in [7, 11) is 0. The van der Waals surface area contributed by atoms with Gasteiger partial charge in [0.25, 0.3) is 5.91 Å². The number of nitrogen functional groups attached to an aromatic ring is 1. The van der Waals surface area contributed by atoms with Crippen molar-refractivity contribution in [3.8, 4) is 0 Å². The second-order valence-corrected chi connectivity index (χ2v) is 5.65. The summed E-state index contributed by atoms with van der Waals surface area (Å²) in [6, 6.07) is 5.43. The molecule has 1 aromatic carbocycles. The van der Waals surface area contributed by atoms with E-state index in [-0.39, 0.29) is 18.3 Å². The minimum atomic E-state index is 0. The number of benzene rings is 1. The molecule has 1 saturated heterocycles. The van der Waals surface area contributed by atoms with Crippen molar-refractivity contribution in [2.75, 3.05) is 18.8 Å². The van der Waals surface area contributed by atoms with Crippen molar-refractivity contribution in [3.05, 3.63) is 28.2 Å². The van der Waals surface area contributed by atoms with Gasteiger partial charge in [-0.15, -0.1) is 12.4 Å². The standard InChI is InChI=1S/C13H17BrN2O.ClH/c1-9-3-2-6-16(8-9)13(17)11-5-4-10(14)7-12(11)15;/h4-5,7,9H,2-3,6,8,15H2,1H3;1H. The summed E-state index contributed by atoms with van der Waals surface area (Å²) < 4.78 is 0.901. The molecular weight excluding hydrogens is 316 g/mol. The van der Waals surface area contributed by atoms with Gasteiger partial charge in [0, 0.05) is 23.2 Å². The van der Waals surface area contributed by atoms with Gasteiger partial charge in [0.1, 0.15) is 0 Å². The van der Waals surface area contributed by atoms with E-state index in [1.165, 1.54) is 6.42 Å². The van der Waals surface area contributed by atoms with Gasteiger partial charge < -0.3 is 10.6 Å². The lowest BCUT2D eigenvalue weighted by Crippen LogP contribution is -2.39. The molecule has 1 amide bonds. The first kappa shape index (κ1) is 15.3. The number of nitrogens with two attached hydrogens (primary N) is 1. The van der Waals surface area contributed by atoms with E-state index in [2.05, 4.69) is 22.9 Å². The predicted octanol–water partition coefficient (Wildman–Crippen LogP) is 3.33. The second kappa shape index (κ2) is 6.43. The van der Waals surface area contributed by atoms with Crippen LogP contribution in [0.25, 0.3) is 0 Å². The molecular formula is C13H18BrClN2O. The lowest BCUT2D eigenvalue weighted by atomic mass is 9.99. The van der Waals surface area contributed by atoms with Crippen LogP contribution in [0.4, 0.5) is 5.69 Å². The van der Waals surface area contributed by atoms with E-state index in [0.29, 0.717) is 17.2 Å². The summed E-state index contributed by atoms with van der Waals surface area (Å²) >= 11 is 3.35. The van der Waals surface area contributed by atoms with Gasteiger partial charge in [0.05, 0.1) is 5.56 Å². The summed E-state index contributed by atoms with van der Waals surface area (Å²) in [4.78, 5) is 14.2. The smallest absolute Gasteiger partial charge is 0.255 e. The molecule has 5 heteroatoms. The zero-order chi connectivity index (χ0) is 12.4. The molecule has 0 radical (unpaired) electrons. The highest BCUT2D eigenvalue weighted by Crippen LogP contribution is 2.23. The summed E-state index contributed by atoms with van der Waals surface area (Å²) in [6.07, 6.45) is 2.29. The minimum Gasteiger partial charge on any atom is -0.398 e. The number of piperidine rings is 1. The third-order valence-corrected chi connectivity index (χ3v) is 3.68. The lowest BCUT2D eigenvalue weighted by Gasteiger charge is -2.31. The molecule has 2 rings (SSSR count). The van der Waals surface area contributed by atoms with E-state index < -0.39 is 0 Å².